The zero-order chi connectivity index (χ0) is 23.2. The smallest absolute Gasteiger partial charge is 0.164 e. The quantitative estimate of drug-likeness (QED) is 0.446. The molecule has 1 aromatic heterocycles. The van der Waals surface area contributed by atoms with Crippen LogP contribution in [0, 0.1) is 6.92 Å². The van der Waals surface area contributed by atoms with E-state index in [0.717, 1.165) is 61.7 Å². The molecule has 4 N–H and O–H groups in total. The van der Waals surface area contributed by atoms with Gasteiger partial charge < -0.3 is 35.2 Å². The van der Waals surface area contributed by atoms with E-state index in [1.54, 1.807) is 7.05 Å². The van der Waals surface area contributed by atoms with Gasteiger partial charge in [0.2, 0.25) is 0 Å². The molecule has 0 amide bonds. The first-order chi connectivity index (χ1) is 16.0. The number of hydrogen-bond acceptors (Lipinski definition) is 9. The largest absolute Gasteiger partial charge is 0.491 e. The summed E-state index contributed by atoms with van der Waals surface area (Å²) in [6.45, 7) is 5.66. The van der Waals surface area contributed by atoms with Gasteiger partial charge in [-0.15, -0.1) is 0 Å². The van der Waals surface area contributed by atoms with E-state index in [0.29, 0.717) is 24.7 Å². The minimum atomic E-state index is -0.584. The van der Waals surface area contributed by atoms with Gasteiger partial charge >= 0.3 is 0 Å². The summed E-state index contributed by atoms with van der Waals surface area (Å²) in [6.07, 6.45) is 1.58. The summed E-state index contributed by atoms with van der Waals surface area (Å²) in [5, 5.41) is 26.4. The highest BCUT2D eigenvalue weighted by atomic mass is 16.5. The van der Waals surface area contributed by atoms with Crippen molar-refractivity contribution in [2.75, 3.05) is 56.7 Å². The predicted octanol–water partition coefficient (Wildman–Crippen LogP) is 1.57. The van der Waals surface area contributed by atoms with Crippen LogP contribution in [0.3, 0.4) is 0 Å². The number of likely N-dealkylation sites (N-methyl/N-ethyl adjacent to an activating group) is 1. The fraction of sp³-hybridized carbons (Fsp3) is 0.583. The summed E-state index contributed by atoms with van der Waals surface area (Å²) in [5.74, 6) is 2.98. The van der Waals surface area contributed by atoms with E-state index in [9.17, 15) is 10.2 Å². The summed E-state index contributed by atoms with van der Waals surface area (Å²) >= 11 is 0. The van der Waals surface area contributed by atoms with Crippen molar-refractivity contribution >= 4 is 11.6 Å². The van der Waals surface area contributed by atoms with Crippen LogP contribution in [0.4, 0.5) is 11.6 Å². The van der Waals surface area contributed by atoms with E-state index in [1.165, 1.54) is 0 Å². The lowest BCUT2D eigenvalue weighted by atomic mass is 10.1. The van der Waals surface area contributed by atoms with Crippen molar-refractivity contribution < 1.29 is 19.7 Å². The van der Waals surface area contributed by atoms with Crippen molar-refractivity contribution in [3.05, 3.63) is 29.8 Å². The minimum Gasteiger partial charge on any atom is -0.491 e. The second-order valence-electron chi connectivity index (χ2n) is 8.82. The maximum atomic E-state index is 9.95. The van der Waals surface area contributed by atoms with E-state index in [4.69, 9.17) is 19.4 Å². The Balaban J connectivity index is 1.62. The molecule has 9 heteroatoms. The maximum Gasteiger partial charge on any atom is 0.164 e. The van der Waals surface area contributed by atoms with Gasteiger partial charge in [-0.05, 0) is 45.4 Å². The first-order valence-corrected chi connectivity index (χ1v) is 11.8. The van der Waals surface area contributed by atoms with E-state index in [-0.39, 0.29) is 18.8 Å². The van der Waals surface area contributed by atoms with E-state index in [1.807, 2.05) is 31.2 Å². The summed E-state index contributed by atoms with van der Waals surface area (Å²) in [5.41, 5.74) is 1.85. The van der Waals surface area contributed by atoms with Crippen LogP contribution in [0.1, 0.15) is 24.8 Å². The molecule has 0 bridgehead atoms. The van der Waals surface area contributed by atoms with Crippen LogP contribution < -0.4 is 20.3 Å². The molecule has 2 saturated heterocycles. The van der Waals surface area contributed by atoms with Gasteiger partial charge in [-0.25, -0.2) is 9.97 Å². The molecular weight excluding hydrogens is 422 g/mol. The molecule has 0 spiro atoms. The van der Waals surface area contributed by atoms with Crippen LogP contribution in [0.2, 0.25) is 0 Å². The Hall–Kier alpha value is -2.46. The third-order valence-corrected chi connectivity index (χ3v) is 6.13. The Bertz CT molecular complexity index is 914. The molecular formula is C24H35N5O4. The van der Waals surface area contributed by atoms with Crippen molar-refractivity contribution in [1.82, 2.24) is 15.3 Å². The number of hydrogen-bond donors (Lipinski definition) is 4. The number of aliphatic hydroxyl groups is 2. The van der Waals surface area contributed by atoms with Crippen LogP contribution in [-0.4, -0.2) is 84.9 Å². The van der Waals surface area contributed by atoms with Crippen molar-refractivity contribution in [2.45, 2.75) is 44.4 Å². The van der Waals surface area contributed by atoms with Crippen LogP contribution in [0.15, 0.2) is 24.3 Å². The first-order valence-electron chi connectivity index (χ1n) is 11.8. The maximum absolute atomic E-state index is 9.95. The van der Waals surface area contributed by atoms with Gasteiger partial charge in [0.1, 0.15) is 30.1 Å². The average Bonchev–Trinajstić information content (AvgIpc) is 3.33. The van der Waals surface area contributed by atoms with Crippen LogP contribution in [-0.2, 0) is 4.74 Å². The molecule has 0 saturated carbocycles. The molecule has 3 heterocycles. The highest BCUT2D eigenvalue weighted by Gasteiger charge is 2.24. The van der Waals surface area contributed by atoms with Gasteiger partial charge in [0.15, 0.2) is 5.82 Å². The van der Waals surface area contributed by atoms with Gasteiger partial charge in [-0.3, -0.25) is 0 Å². The van der Waals surface area contributed by atoms with Gasteiger partial charge in [0.05, 0.1) is 18.8 Å². The lowest BCUT2D eigenvalue weighted by molar-refractivity contribution is 0.108. The van der Waals surface area contributed by atoms with Gasteiger partial charge in [0, 0.05) is 37.4 Å². The molecule has 4 rings (SSSR count). The van der Waals surface area contributed by atoms with Gasteiger partial charge in [-0.2, -0.15) is 0 Å². The topological polar surface area (TPSA) is 112 Å². The lowest BCUT2D eigenvalue weighted by Gasteiger charge is -2.32. The molecule has 9 nitrogen and oxygen atoms in total. The summed E-state index contributed by atoms with van der Waals surface area (Å²) in [7, 11) is 1.79. The fourth-order valence-corrected chi connectivity index (χ4v) is 4.21. The van der Waals surface area contributed by atoms with E-state index < -0.39 is 6.10 Å². The van der Waals surface area contributed by atoms with Gasteiger partial charge in [0.25, 0.3) is 0 Å². The molecule has 1 aromatic carbocycles. The van der Waals surface area contributed by atoms with Crippen LogP contribution in [0.25, 0.3) is 11.4 Å². The molecule has 0 radical (unpaired) electrons. The molecule has 180 valence electrons. The van der Waals surface area contributed by atoms with Crippen LogP contribution in [0.5, 0.6) is 5.75 Å². The number of aliphatic hydroxyl groups excluding tert-OH is 2. The highest BCUT2D eigenvalue weighted by molar-refractivity contribution is 5.67. The molecule has 2 aromatic rings. The van der Waals surface area contributed by atoms with Crippen molar-refractivity contribution in [3.63, 3.8) is 0 Å². The van der Waals surface area contributed by atoms with Crippen molar-refractivity contribution in [2.24, 2.45) is 0 Å². The molecule has 33 heavy (non-hydrogen) atoms. The van der Waals surface area contributed by atoms with Crippen molar-refractivity contribution in [1.29, 1.82) is 0 Å². The minimum absolute atomic E-state index is 0.203. The Kier molecular flexibility index (Phi) is 7.97. The third kappa shape index (κ3) is 6.11. The Morgan fingerprint density at radius 3 is 2.79 bits per heavy atom. The number of rotatable bonds is 9. The number of anilines is 2. The van der Waals surface area contributed by atoms with E-state index >= 15 is 0 Å². The Morgan fingerprint density at radius 1 is 1.24 bits per heavy atom. The summed E-state index contributed by atoms with van der Waals surface area (Å²) in [4.78, 5) is 12.0. The third-order valence-electron chi connectivity index (χ3n) is 6.13. The monoisotopic (exact) mass is 457 g/mol. The average molecular weight is 458 g/mol. The predicted molar refractivity (Wildman–Crippen MR) is 128 cm³/mol. The Labute approximate surface area is 195 Å². The standard InChI is InChI=1S/C24H35N5O4/c1-16-22(26-18-8-11-32-14-18)27-23(28-24(16)29-9-6-19(30)7-10-29)17-4-3-5-21(12-17)33-15-20(31)13-25-2/h3-5,12,18-20,25,30-31H,6-11,13-15H2,1-2H3,(H,26,27,28)/t18-,20?/m0/s1. The second-order valence-corrected chi connectivity index (χ2v) is 8.82. The summed E-state index contributed by atoms with van der Waals surface area (Å²) < 4.78 is 11.3. The first kappa shape index (κ1) is 23.7. The number of piperidine rings is 1. The number of aromatic nitrogens is 2. The zero-order valence-corrected chi connectivity index (χ0v) is 19.5. The highest BCUT2D eigenvalue weighted by Crippen LogP contribution is 2.31. The van der Waals surface area contributed by atoms with Crippen LogP contribution >= 0.6 is 0 Å². The fourth-order valence-electron chi connectivity index (χ4n) is 4.21. The number of benzene rings is 1. The molecule has 1 unspecified atom stereocenters. The Morgan fingerprint density at radius 2 is 2.06 bits per heavy atom. The summed E-state index contributed by atoms with van der Waals surface area (Å²) in [6, 6.07) is 7.88. The number of ether oxygens (including phenoxy) is 2. The zero-order valence-electron chi connectivity index (χ0n) is 19.5. The number of nitrogens with zero attached hydrogens (tertiary/aromatic N) is 3. The lowest BCUT2D eigenvalue weighted by Crippen LogP contribution is -2.37. The number of nitrogens with one attached hydrogen (secondary N) is 2. The molecule has 2 atom stereocenters. The van der Waals surface area contributed by atoms with Gasteiger partial charge in [-0.1, -0.05) is 12.1 Å². The molecule has 2 fully saturated rings. The molecule has 2 aliphatic rings. The van der Waals surface area contributed by atoms with E-state index in [2.05, 4.69) is 15.5 Å². The normalized spacial score (nSPS) is 20.1. The SMILES string of the molecule is CNCC(O)COc1cccc(-c2nc(N[C@H]3CCOC3)c(C)c(N3CCC(O)CC3)n2)c1. The second kappa shape index (κ2) is 11.1. The molecule has 2 aliphatic heterocycles. The van der Waals surface area contributed by atoms with Crippen molar-refractivity contribution in [3.8, 4) is 17.1 Å². The molecule has 0 aliphatic carbocycles.